The number of hydrogen-bond donors (Lipinski definition) is 4. The van der Waals surface area contributed by atoms with Gasteiger partial charge in [-0.25, -0.2) is 9.18 Å². The fourth-order valence-electron chi connectivity index (χ4n) is 4.38. The van der Waals surface area contributed by atoms with Crippen molar-refractivity contribution in [2.75, 3.05) is 12.4 Å². The van der Waals surface area contributed by atoms with Crippen molar-refractivity contribution in [1.29, 1.82) is 0 Å². The van der Waals surface area contributed by atoms with Crippen molar-refractivity contribution in [3.63, 3.8) is 0 Å². The van der Waals surface area contributed by atoms with Gasteiger partial charge in [0.1, 0.15) is 11.9 Å². The van der Waals surface area contributed by atoms with Gasteiger partial charge in [-0.2, -0.15) is 0 Å². The lowest BCUT2D eigenvalue weighted by Gasteiger charge is -2.27. The number of anilines is 1. The summed E-state index contributed by atoms with van der Waals surface area (Å²) in [5, 5.41) is 8.14. The molecule has 0 bridgehead atoms. The number of rotatable bonds is 6. The number of benzene rings is 3. The number of halogens is 1. The summed E-state index contributed by atoms with van der Waals surface area (Å²) in [5.74, 6) is -1.11. The minimum atomic E-state index is -1.17. The molecule has 4 rings (SSSR count). The second-order valence-corrected chi connectivity index (χ2v) is 10.0. The van der Waals surface area contributed by atoms with Crippen LogP contribution in [0.1, 0.15) is 30.5 Å². The van der Waals surface area contributed by atoms with E-state index in [-0.39, 0.29) is 24.9 Å². The molecule has 0 saturated heterocycles. The zero-order valence-electron chi connectivity index (χ0n) is 21.7. The van der Waals surface area contributed by atoms with Crippen LogP contribution in [0.5, 0.6) is 0 Å². The number of para-hydroxylation sites is 1. The first-order chi connectivity index (χ1) is 18.0. The molecular weight excluding hydrogens is 485 g/mol. The first-order valence-corrected chi connectivity index (χ1v) is 12.4. The zero-order chi connectivity index (χ0) is 27.4. The summed E-state index contributed by atoms with van der Waals surface area (Å²) in [6.07, 6.45) is 0.179. The Hall–Kier alpha value is -4.24. The van der Waals surface area contributed by atoms with Crippen LogP contribution in [0.25, 0.3) is 11.1 Å². The van der Waals surface area contributed by atoms with E-state index >= 15 is 0 Å². The fourth-order valence-corrected chi connectivity index (χ4v) is 4.38. The Labute approximate surface area is 221 Å². The van der Waals surface area contributed by atoms with Crippen molar-refractivity contribution in [3.8, 4) is 11.1 Å². The highest BCUT2D eigenvalue weighted by molar-refractivity contribution is 5.94. The van der Waals surface area contributed by atoms with Crippen LogP contribution in [0.2, 0.25) is 0 Å². The van der Waals surface area contributed by atoms with E-state index in [1.165, 1.54) is 12.1 Å². The highest BCUT2D eigenvalue weighted by Crippen LogP contribution is 2.29. The Morgan fingerprint density at radius 2 is 1.76 bits per heavy atom. The first-order valence-electron chi connectivity index (χ1n) is 12.4. The predicted molar refractivity (Wildman–Crippen MR) is 145 cm³/mol. The van der Waals surface area contributed by atoms with E-state index in [9.17, 15) is 18.8 Å². The summed E-state index contributed by atoms with van der Waals surface area (Å²) in [6, 6.07) is 18.5. The molecular formula is C29H32FN5O3. The Morgan fingerprint density at radius 1 is 1.05 bits per heavy atom. The number of nitrogens with two attached hydrogens (primary N) is 1. The molecule has 8 nitrogen and oxygen atoms in total. The average molecular weight is 518 g/mol. The quantitative estimate of drug-likeness (QED) is 0.400. The molecule has 0 radical (unpaired) electrons. The fraction of sp³-hybridized carbons (Fsp3) is 0.276. The Balaban J connectivity index is 1.59. The number of fused-ring (bicyclic) bond motifs is 1. The van der Waals surface area contributed by atoms with Crippen LogP contribution in [0.4, 0.5) is 14.9 Å². The molecule has 198 valence electrons. The number of carbonyl (C=O) groups excluding carboxylic acids is 3. The number of nitrogens with one attached hydrogen (secondary N) is 3. The molecule has 1 aliphatic rings. The van der Waals surface area contributed by atoms with Gasteiger partial charge in [0.25, 0.3) is 0 Å². The SMILES string of the molecule is CNC(=O)Nc1ccccc1-c1ccc(CN2Cc3ccc(F)cc3C[C@@H](NC(=O)C(C)(C)N)C2=O)cc1. The zero-order valence-corrected chi connectivity index (χ0v) is 21.7. The molecule has 38 heavy (non-hydrogen) atoms. The van der Waals surface area contributed by atoms with Gasteiger partial charge in [-0.05, 0) is 54.3 Å². The van der Waals surface area contributed by atoms with Crippen LogP contribution in [0.3, 0.4) is 0 Å². The molecule has 0 unspecified atom stereocenters. The molecule has 1 aliphatic heterocycles. The molecule has 0 aliphatic carbocycles. The van der Waals surface area contributed by atoms with Crippen LogP contribution in [0, 0.1) is 5.82 Å². The Bertz CT molecular complexity index is 1350. The number of hydrogen-bond acceptors (Lipinski definition) is 4. The van der Waals surface area contributed by atoms with Gasteiger partial charge in [-0.1, -0.05) is 48.5 Å². The van der Waals surface area contributed by atoms with E-state index < -0.39 is 23.3 Å². The molecule has 0 spiro atoms. The summed E-state index contributed by atoms with van der Waals surface area (Å²) in [4.78, 5) is 39.7. The standard InChI is InChI=1S/C29H32FN5O3/c1-29(2,31)27(37)33-25-15-21-14-22(30)13-12-20(21)17-35(26(25)36)16-18-8-10-19(11-9-18)23-6-4-5-7-24(23)34-28(38)32-3/h4-14,25H,15-17,31H2,1-3H3,(H,33,37)(H2,32,34,38)/t25-/m1/s1. The molecule has 0 saturated carbocycles. The third-order valence-corrected chi connectivity index (χ3v) is 6.49. The Morgan fingerprint density at radius 3 is 2.45 bits per heavy atom. The third kappa shape index (κ3) is 6.18. The van der Waals surface area contributed by atoms with Gasteiger partial charge in [-0.15, -0.1) is 0 Å². The second-order valence-electron chi connectivity index (χ2n) is 10.0. The van der Waals surface area contributed by atoms with Crippen LogP contribution in [-0.4, -0.2) is 41.4 Å². The highest BCUT2D eigenvalue weighted by atomic mass is 19.1. The summed E-state index contributed by atoms with van der Waals surface area (Å²) < 4.78 is 14.0. The van der Waals surface area contributed by atoms with E-state index in [2.05, 4.69) is 16.0 Å². The number of carbonyl (C=O) groups is 3. The van der Waals surface area contributed by atoms with Crippen molar-refractivity contribution in [1.82, 2.24) is 15.5 Å². The highest BCUT2D eigenvalue weighted by Gasteiger charge is 2.33. The van der Waals surface area contributed by atoms with Gasteiger partial charge in [-0.3, -0.25) is 9.59 Å². The van der Waals surface area contributed by atoms with Crippen molar-refractivity contribution >= 4 is 23.5 Å². The van der Waals surface area contributed by atoms with Crippen LogP contribution < -0.4 is 21.7 Å². The van der Waals surface area contributed by atoms with Crippen LogP contribution in [-0.2, 0) is 29.1 Å². The summed E-state index contributed by atoms with van der Waals surface area (Å²) in [7, 11) is 1.55. The van der Waals surface area contributed by atoms with Crippen molar-refractivity contribution < 1.29 is 18.8 Å². The summed E-state index contributed by atoms with van der Waals surface area (Å²) >= 11 is 0. The second kappa shape index (κ2) is 11.0. The molecule has 5 N–H and O–H groups in total. The summed E-state index contributed by atoms with van der Waals surface area (Å²) in [6.45, 7) is 3.72. The topological polar surface area (TPSA) is 117 Å². The van der Waals surface area contributed by atoms with Gasteiger partial charge < -0.3 is 26.6 Å². The van der Waals surface area contributed by atoms with E-state index in [1.54, 1.807) is 31.9 Å². The molecule has 3 aromatic carbocycles. The lowest BCUT2D eigenvalue weighted by molar-refractivity contribution is -0.138. The molecule has 1 atom stereocenters. The minimum Gasteiger partial charge on any atom is -0.342 e. The first kappa shape index (κ1) is 26.8. The molecule has 9 heteroatoms. The normalized spacial score (nSPS) is 15.3. The molecule has 0 fully saturated rings. The molecule has 0 aromatic heterocycles. The van der Waals surface area contributed by atoms with Gasteiger partial charge in [0.2, 0.25) is 11.8 Å². The number of urea groups is 1. The summed E-state index contributed by atoms with van der Waals surface area (Å²) in [5.41, 5.74) is 9.60. The molecule has 3 aromatic rings. The van der Waals surface area contributed by atoms with Crippen molar-refractivity contribution in [2.45, 2.75) is 44.9 Å². The van der Waals surface area contributed by atoms with Crippen molar-refractivity contribution in [3.05, 3.63) is 89.2 Å². The molecule has 4 amide bonds. The van der Waals surface area contributed by atoms with Gasteiger partial charge in [0, 0.05) is 32.1 Å². The maximum Gasteiger partial charge on any atom is 0.318 e. The maximum atomic E-state index is 14.0. The van der Waals surface area contributed by atoms with Gasteiger partial charge in [0.05, 0.1) is 11.2 Å². The van der Waals surface area contributed by atoms with Gasteiger partial charge in [0.15, 0.2) is 0 Å². The lowest BCUT2D eigenvalue weighted by atomic mass is 10.00. The van der Waals surface area contributed by atoms with Crippen molar-refractivity contribution in [2.24, 2.45) is 5.73 Å². The average Bonchev–Trinajstić information content (AvgIpc) is 3.00. The van der Waals surface area contributed by atoms with Crippen LogP contribution >= 0.6 is 0 Å². The van der Waals surface area contributed by atoms with E-state index in [0.29, 0.717) is 17.8 Å². The Kier molecular flexibility index (Phi) is 7.78. The monoisotopic (exact) mass is 517 g/mol. The maximum absolute atomic E-state index is 14.0. The van der Waals surface area contributed by atoms with E-state index in [1.807, 2.05) is 48.5 Å². The van der Waals surface area contributed by atoms with E-state index in [4.69, 9.17) is 5.73 Å². The minimum absolute atomic E-state index is 0.179. The number of amides is 4. The third-order valence-electron chi connectivity index (χ3n) is 6.49. The smallest absolute Gasteiger partial charge is 0.318 e. The van der Waals surface area contributed by atoms with E-state index in [0.717, 1.165) is 22.3 Å². The van der Waals surface area contributed by atoms with Crippen LogP contribution in [0.15, 0.2) is 66.7 Å². The van der Waals surface area contributed by atoms with Gasteiger partial charge >= 0.3 is 6.03 Å². The largest absolute Gasteiger partial charge is 0.342 e. The molecule has 1 heterocycles. The predicted octanol–water partition coefficient (Wildman–Crippen LogP) is 3.55. The number of nitrogens with zero attached hydrogens (tertiary/aromatic N) is 1. The lowest BCUT2D eigenvalue weighted by Crippen LogP contribution is -2.56.